The predicted octanol–water partition coefficient (Wildman–Crippen LogP) is 2.85. The van der Waals surface area contributed by atoms with Gasteiger partial charge in [0.05, 0.1) is 6.10 Å². The van der Waals surface area contributed by atoms with Crippen LogP contribution in [0.1, 0.15) is 45.2 Å². The van der Waals surface area contributed by atoms with Crippen molar-refractivity contribution in [3.05, 3.63) is 35.4 Å². The maximum atomic E-state index is 11.9. The van der Waals surface area contributed by atoms with Crippen molar-refractivity contribution in [2.24, 2.45) is 5.41 Å². The van der Waals surface area contributed by atoms with Gasteiger partial charge in [0, 0.05) is 13.1 Å². The van der Waals surface area contributed by atoms with Crippen LogP contribution in [0.4, 0.5) is 4.79 Å². The summed E-state index contributed by atoms with van der Waals surface area (Å²) < 4.78 is 0. The summed E-state index contributed by atoms with van der Waals surface area (Å²) in [4.78, 5) is 11.9. The van der Waals surface area contributed by atoms with Crippen molar-refractivity contribution < 1.29 is 9.90 Å². The van der Waals surface area contributed by atoms with Gasteiger partial charge in [0.15, 0.2) is 0 Å². The maximum Gasteiger partial charge on any atom is 0.315 e. The van der Waals surface area contributed by atoms with Gasteiger partial charge in [-0.2, -0.15) is 0 Å². The highest BCUT2D eigenvalue weighted by atomic mass is 16.3. The number of aryl methyl sites for hydroxylation is 1. The molecule has 4 heteroatoms. The fourth-order valence-electron chi connectivity index (χ4n) is 2.50. The van der Waals surface area contributed by atoms with Crippen LogP contribution in [-0.2, 0) is 13.0 Å². The summed E-state index contributed by atoms with van der Waals surface area (Å²) in [6.45, 7) is 9.02. The van der Waals surface area contributed by atoms with E-state index < -0.39 is 0 Å². The van der Waals surface area contributed by atoms with E-state index in [-0.39, 0.29) is 17.6 Å². The van der Waals surface area contributed by atoms with Crippen LogP contribution in [0.3, 0.4) is 0 Å². The van der Waals surface area contributed by atoms with Crippen LogP contribution in [0.15, 0.2) is 24.3 Å². The number of hydrogen-bond donors (Lipinski definition) is 3. The first-order valence-electron chi connectivity index (χ1n) is 7.60. The highest BCUT2D eigenvalue weighted by Gasteiger charge is 2.20. The summed E-state index contributed by atoms with van der Waals surface area (Å²) in [5.41, 5.74) is 2.29. The minimum absolute atomic E-state index is 0.118. The van der Waals surface area contributed by atoms with Gasteiger partial charge < -0.3 is 15.7 Å². The molecular formula is C17H28N2O2. The number of amides is 2. The highest BCUT2D eigenvalue weighted by molar-refractivity contribution is 5.73. The van der Waals surface area contributed by atoms with Gasteiger partial charge in [-0.05, 0) is 36.3 Å². The first-order valence-corrected chi connectivity index (χ1v) is 7.60. The number of nitrogens with one attached hydrogen (secondary N) is 2. The van der Waals surface area contributed by atoms with Gasteiger partial charge in [0.25, 0.3) is 0 Å². The normalized spacial score (nSPS) is 12.8. The predicted molar refractivity (Wildman–Crippen MR) is 86.1 cm³/mol. The number of carbonyl (C=O) groups excluding carboxylic acids is 1. The first kappa shape index (κ1) is 17.5. The molecule has 0 saturated carbocycles. The Morgan fingerprint density at radius 3 is 2.43 bits per heavy atom. The number of aliphatic hydroxyl groups is 1. The summed E-state index contributed by atoms with van der Waals surface area (Å²) in [6.07, 6.45) is 1.26. The van der Waals surface area contributed by atoms with E-state index in [1.807, 2.05) is 32.0 Å². The Morgan fingerprint density at radius 2 is 1.86 bits per heavy atom. The van der Waals surface area contributed by atoms with Gasteiger partial charge >= 0.3 is 6.03 Å². The molecule has 0 aliphatic carbocycles. The van der Waals surface area contributed by atoms with Gasteiger partial charge in [-0.1, -0.05) is 45.0 Å². The third kappa shape index (κ3) is 6.63. The lowest BCUT2D eigenvalue weighted by molar-refractivity contribution is 0.129. The third-order valence-corrected chi connectivity index (χ3v) is 3.51. The van der Waals surface area contributed by atoms with Crippen LogP contribution in [0.2, 0.25) is 0 Å². The van der Waals surface area contributed by atoms with Crippen molar-refractivity contribution in [3.8, 4) is 0 Å². The van der Waals surface area contributed by atoms with Crippen LogP contribution in [-0.4, -0.2) is 23.8 Å². The van der Waals surface area contributed by atoms with Crippen LogP contribution < -0.4 is 10.6 Å². The van der Waals surface area contributed by atoms with Gasteiger partial charge in [0.2, 0.25) is 0 Å². The van der Waals surface area contributed by atoms with Gasteiger partial charge in [-0.25, -0.2) is 4.79 Å². The summed E-state index contributed by atoms with van der Waals surface area (Å²) >= 11 is 0. The zero-order chi connectivity index (χ0) is 15.9. The quantitative estimate of drug-likeness (QED) is 0.723. The summed E-state index contributed by atoms with van der Waals surface area (Å²) in [6, 6.07) is 7.96. The van der Waals surface area contributed by atoms with Crippen LogP contribution in [0.25, 0.3) is 0 Å². The third-order valence-electron chi connectivity index (χ3n) is 3.51. The smallest absolute Gasteiger partial charge is 0.315 e. The Balaban J connectivity index is 2.41. The molecule has 0 heterocycles. The zero-order valence-corrected chi connectivity index (χ0v) is 13.6. The molecule has 3 N–H and O–H groups in total. The number of urea groups is 1. The molecule has 0 aliphatic rings. The van der Waals surface area contributed by atoms with E-state index in [9.17, 15) is 9.90 Å². The molecule has 1 atom stereocenters. The van der Waals surface area contributed by atoms with Crippen molar-refractivity contribution in [1.82, 2.24) is 10.6 Å². The molecule has 1 aromatic carbocycles. The zero-order valence-electron chi connectivity index (χ0n) is 13.6. The maximum absolute atomic E-state index is 11.9. The molecular weight excluding hydrogens is 264 g/mol. The lowest BCUT2D eigenvalue weighted by Gasteiger charge is -2.26. The van der Waals surface area contributed by atoms with Crippen molar-refractivity contribution in [3.63, 3.8) is 0 Å². The molecule has 1 rings (SSSR count). The number of rotatable bonds is 7. The lowest BCUT2D eigenvalue weighted by Crippen LogP contribution is -2.41. The fraction of sp³-hybridized carbons (Fsp3) is 0.588. The molecule has 1 aromatic rings. The van der Waals surface area contributed by atoms with Crippen LogP contribution >= 0.6 is 0 Å². The van der Waals surface area contributed by atoms with Crippen molar-refractivity contribution >= 4 is 6.03 Å². The molecule has 118 valence electrons. The van der Waals surface area contributed by atoms with Crippen molar-refractivity contribution in [1.29, 1.82) is 0 Å². The van der Waals surface area contributed by atoms with Crippen LogP contribution in [0, 0.1) is 5.41 Å². The van der Waals surface area contributed by atoms with E-state index in [2.05, 4.69) is 23.6 Å². The Morgan fingerprint density at radius 1 is 1.24 bits per heavy atom. The monoisotopic (exact) mass is 292 g/mol. The van der Waals surface area contributed by atoms with Crippen molar-refractivity contribution in [2.45, 2.75) is 53.2 Å². The highest BCUT2D eigenvalue weighted by Crippen LogP contribution is 2.20. The molecule has 0 saturated heterocycles. The molecule has 1 unspecified atom stereocenters. The van der Waals surface area contributed by atoms with Gasteiger partial charge in [-0.15, -0.1) is 0 Å². The Labute approximate surface area is 128 Å². The molecule has 2 amide bonds. The van der Waals surface area contributed by atoms with Gasteiger partial charge in [-0.3, -0.25) is 0 Å². The molecule has 0 aliphatic heterocycles. The van der Waals surface area contributed by atoms with E-state index in [0.29, 0.717) is 19.5 Å². The molecule has 0 bridgehead atoms. The van der Waals surface area contributed by atoms with E-state index in [0.717, 1.165) is 12.0 Å². The Bertz CT molecular complexity index is 456. The lowest BCUT2D eigenvalue weighted by atomic mass is 9.87. The molecule has 21 heavy (non-hydrogen) atoms. The fourth-order valence-corrected chi connectivity index (χ4v) is 2.50. The van der Waals surface area contributed by atoms with Crippen molar-refractivity contribution in [2.75, 3.05) is 6.54 Å². The average molecular weight is 292 g/mol. The average Bonchev–Trinajstić information content (AvgIpc) is 2.42. The first-order chi connectivity index (χ1) is 9.84. The molecule has 0 spiro atoms. The summed E-state index contributed by atoms with van der Waals surface area (Å²) in [5, 5.41) is 15.2. The number of aliphatic hydroxyl groups excluding tert-OH is 1. The molecule has 0 fully saturated rings. The molecule has 4 nitrogen and oxygen atoms in total. The standard InChI is InChI=1S/C17H28N2O2/c1-5-14-8-6-7-9-15(14)11-18-16(21)19-12-17(3,4)10-13(2)20/h6-9,13,20H,5,10-12H2,1-4H3,(H2,18,19,21). The SMILES string of the molecule is CCc1ccccc1CNC(=O)NCC(C)(C)CC(C)O. The topological polar surface area (TPSA) is 61.4 Å². The minimum atomic E-state index is -0.360. The van der Waals surface area contributed by atoms with E-state index in [1.165, 1.54) is 5.56 Å². The van der Waals surface area contributed by atoms with E-state index in [4.69, 9.17) is 0 Å². The number of benzene rings is 1. The second-order valence-corrected chi connectivity index (χ2v) is 6.38. The van der Waals surface area contributed by atoms with E-state index in [1.54, 1.807) is 6.92 Å². The van der Waals surface area contributed by atoms with E-state index >= 15 is 0 Å². The number of hydrogen-bond acceptors (Lipinski definition) is 2. The second-order valence-electron chi connectivity index (χ2n) is 6.38. The summed E-state index contributed by atoms with van der Waals surface area (Å²) in [5.74, 6) is 0. The minimum Gasteiger partial charge on any atom is -0.393 e. The van der Waals surface area contributed by atoms with Gasteiger partial charge in [0.1, 0.15) is 0 Å². The Kier molecular flexibility index (Phi) is 6.69. The van der Waals surface area contributed by atoms with Crippen LogP contribution in [0.5, 0.6) is 0 Å². The summed E-state index contributed by atoms with van der Waals surface area (Å²) in [7, 11) is 0. The largest absolute Gasteiger partial charge is 0.393 e. The number of carbonyl (C=O) groups is 1. The Hall–Kier alpha value is -1.55. The molecule has 0 aromatic heterocycles. The molecule has 0 radical (unpaired) electrons. The second kappa shape index (κ2) is 8.03.